The van der Waals surface area contributed by atoms with Crippen molar-refractivity contribution in [2.24, 2.45) is 5.73 Å². The number of nitrogens with one attached hydrogen (secondary N) is 1. The van der Waals surface area contributed by atoms with Gasteiger partial charge in [-0.3, -0.25) is 9.78 Å². The molecule has 0 fully saturated rings. The van der Waals surface area contributed by atoms with Gasteiger partial charge >= 0.3 is 0 Å². The predicted octanol–water partition coefficient (Wildman–Crippen LogP) is 0.497. The molecule has 88 valence electrons. The van der Waals surface area contributed by atoms with Crippen LogP contribution in [-0.4, -0.2) is 17.4 Å². The van der Waals surface area contributed by atoms with Gasteiger partial charge in [-0.1, -0.05) is 6.07 Å². The molecule has 1 heterocycles. The number of hydrogen-bond donors (Lipinski definition) is 2. The van der Waals surface area contributed by atoms with Crippen LogP contribution in [-0.2, 0) is 11.2 Å². The van der Waals surface area contributed by atoms with E-state index in [1.54, 1.807) is 12.3 Å². The molecule has 0 unspecified atom stereocenters. The summed E-state index contributed by atoms with van der Waals surface area (Å²) in [7, 11) is 0. The molecule has 1 aromatic rings. The quantitative estimate of drug-likeness (QED) is 0.582. The summed E-state index contributed by atoms with van der Waals surface area (Å²) < 4.78 is 0. The van der Waals surface area contributed by atoms with Gasteiger partial charge in [0, 0.05) is 30.6 Å². The summed E-state index contributed by atoms with van der Waals surface area (Å²) in [6.07, 6.45) is 2.32. The summed E-state index contributed by atoms with van der Waals surface area (Å²) in [5.74, 6) is -0.441. The topological polar surface area (TPSA) is 91.8 Å². The molecule has 0 saturated heterocycles. The van der Waals surface area contributed by atoms with E-state index < -0.39 is 5.91 Å². The van der Waals surface area contributed by atoms with Crippen molar-refractivity contribution < 1.29 is 4.79 Å². The van der Waals surface area contributed by atoms with E-state index in [-0.39, 0.29) is 11.3 Å². The number of nitriles is 1. The fourth-order valence-electron chi connectivity index (χ4n) is 1.26. The summed E-state index contributed by atoms with van der Waals surface area (Å²) in [6, 6.07) is 7.37. The third-order valence-electron chi connectivity index (χ3n) is 2.13. The number of allylic oxidation sites excluding steroid dienone is 1. The van der Waals surface area contributed by atoms with E-state index in [4.69, 9.17) is 11.0 Å². The predicted molar refractivity (Wildman–Crippen MR) is 63.5 cm³/mol. The molecule has 0 aliphatic heterocycles. The Labute approximate surface area is 100.0 Å². The van der Waals surface area contributed by atoms with Gasteiger partial charge in [0.05, 0.1) is 0 Å². The number of hydrogen-bond acceptors (Lipinski definition) is 4. The van der Waals surface area contributed by atoms with Crippen LogP contribution in [0.25, 0.3) is 0 Å². The molecule has 1 aromatic heterocycles. The number of aromatic nitrogens is 1. The molecule has 0 spiro atoms. The lowest BCUT2D eigenvalue weighted by Crippen LogP contribution is -2.28. The maximum Gasteiger partial charge on any atom is 0.263 e. The molecular weight excluding hydrogens is 216 g/mol. The van der Waals surface area contributed by atoms with Gasteiger partial charge in [0.2, 0.25) is 0 Å². The largest absolute Gasteiger partial charge is 0.401 e. The van der Waals surface area contributed by atoms with Crippen molar-refractivity contribution >= 4 is 5.91 Å². The van der Waals surface area contributed by atoms with Crippen LogP contribution in [0.15, 0.2) is 35.7 Å². The minimum atomic E-state index is -0.441. The van der Waals surface area contributed by atoms with E-state index in [0.29, 0.717) is 13.0 Å². The second kappa shape index (κ2) is 6.28. The van der Waals surface area contributed by atoms with Gasteiger partial charge in [0.15, 0.2) is 0 Å². The van der Waals surface area contributed by atoms with Crippen LogP contribution in [0.2, 0.25) is 0 Å². The van der Waals surface area contributed by atoms with E-state index in [1.165, 1.54) is 6.92 Å². The molecule has 0 aliphatic carbocycles. The standard InChI is InChI=1S/C12H14N4O/c1-9(14)11(8-13)12(17)16-7-5-10-4-2-3-6-15-10/h2-4,6H,5,7,14H2,1H3,(H,16,17)/b11-9-. The first-order valence-electron chi connectivity index (χ1n) is 5.19. The van der Waals surface area contributed by atoms with Gasteiger partial charge in [-0.05, 0) is 19.1 Å². The van der Waals surface area contributed by atoms with Crippen molar-refractivity contribution in [2.75, 3.05) is 6.54 Å². The average molecular weight is 230 g/mol. The van der Waals surface area contributed by atoms with Crippen molar-refractivity contribution in [1.82, 2.24) is 10.3 Å². The summed E-state index contributed by atoms with van der Waals surface area (Å²) in [4.78, 5) is 15.6. The molecule has 1 rings (SSSR count). The van der Waals surface area contributed by atoms with E-state index >= 15 is 0 Å². The summed E-state index contributed by atoms with van der Waals surface area (Å²) >= 11 is 0. The molecule has 0 radical (unpaired) electrons. The van der Waals surface area contributed by atoms with Crippen molar-refractivity contribution in [1.29, 1.82) is 5.26 Å². The zero-order valence-electron chi connectivity index (χ0n) is 9.60. The molecule has 5 heteroatoms. The van der Waals surface area contributed by atoms with E-state index in [0.717, 1.165) is 5.69 Å². The maximum atomic E-state index is 11.5. The van der Waals surface area contributed by atoms with Gasteiger partial charge in [-0.2, -0.15) is 5.26 Å². The second-order valence-corrected chi connectivity index (χ2v) is 3.50. The third kappa shape index (κ3) is 3.95. The van der Waals surface area contributed by atoms with Crippen LogP contribution >= 0.6 is 0 Å². The van der Waals surface area contributed by atoms with E-state index in [1.807, 2.05) is 18.2 Å². The molecule has 0 saturated carbocycles. The Bertz CT molecular complexity index is 455. The summed E-state index contributed by atoms with van der Waals surface area (Å²) in [5.41, 5.74) is 6.49. The van der Waals surface area contributed by atoms with Gasteiger partial charge in [-0.15, -0.1) is 0 Å². The van der Waals surface area contributed by atoms with E-state index in [9.17, 15) is 4.79 Å². The summed E-state index contributed by atoms with van der Waals surface area (Å²) in [6.45, 7) is 1.95. The lowest BCUT2D eigenvalue weighted by molar-refractivity contribution is -0.117. The van der Waals surface area contributed by atoms with Crippen LogP contribution in [0.3, 0.4) is 0 Å². The Hall–Kier alpha value is -2.35. The molecule has 17 heavy (non-hydrogen) atoms. The first-order chi connectivity index (χ1) is 8.15. The highest BCUT2D eigenvalue weighted by Crippen LogP contribution is 1.97. The number of nitrogens with two attached hydrogens (primary N) is 1. The van der Waals surface area contributed by atoms with Crippen molar-refractivity contribution in [3.63, 3.8) is 0 Å². The molecule has 0 aliphatic rings. The van der Waals surface area contributed by atoms with Crippen molar-refractivity contribution in [3.8, 4) is 6.07 Å². The van der Waals surface area contributed by atoms with Crippen LogP contribution in [0.5, 0.6) is 0 Å². The lowest BCUT2D eigenvalue weighted by Gasteiger charge is -2.04. The molecule has 0 bridgehead atoms. The van der Waals surface area contributed by atoms with E-state index in [2.05, 4.69) is 10.3 Å². The monoisotopic (exact) mass is 230 g/mol. The van der Waals surface area contributed by atoms with Crippen molar-refractivity contribution in [3.05, 3.63) is 41.4 Å². The Morgan fingerprint density at radius 1 is 1.59 bits per heavy atom. The molecule has 5 nitrogen and oxygen atoms in total. The van der Waals surface area contributed by atoms with Crippen LogP contribution in [0.1, 0.15) is 12.6 Å². The highest BCUT2D eigenvalue weighted by molar-refractivity contribution is 5.97. The molecule has 0 atom stereocenters. The number of carbonyl (C=O) groups is 1. The number of amides is 1. The number of carbonyl (C=O) groups excluding carboxylic acids is 1. The fourth-order valence-corrected chi connectivity index (χ4v) is 1.26. The maximum absolute atomic E-state index is 11.5. The Kier molecular flexibility index (Phi) is 4.70. The third-order valence-corrected chi connectivity index (χ3v) is 2.13. The van der Waals surface area contributed by atoms with Gasteiger partial charge in [0.1, 0.15) is 11.6 Å². The first-order valence-corrected chi connectivity index (χ1v) is 5.19. The molecule has 0 aromatic carbocycles. The summed E-state index contributed by atoms with van der Waals surface area (Å²) in [5, 5.41) is 11.3. The van der Waals surface area contributed by atoms with Crippen LogP contribution in [0, 0.1) is 11.3 Å². The smallest absolute Gasteiger partial charge is 0.263 e. The Morgan fingerprint density at radius 2 is 2.35 bits per heavy atom. The molecule has 1 amide bonds. The highest BCUT2D eigenvalue weighted by Gasteiger charge is 2.10. The fraction of sp³-hybridized carbons (Fsp3) is 0.250. The highest BCUT2D eigenvalue weighted by atomic mass is 16.1. The number of pyridine rings is 1. The molecular formula is C12H14N4O. The zero-order valence-corrected chi connectivity index (χ0v) is 9.60. The van der Waals surface area contributed by atoms with Crippen LogP contribution in [0.4, 0.5) is 0 Å². The van der Waals surface area contributed by atoms with Crippen LogP contribution < -0.4 is 11.1 Å². The Morgan fingerprint density at radius 3 is 2.88 bits per heavy atom. The minimum absolute atomic E-state index is 0.0361. The first kappa shape index (κ1) is 12.7. The van der Waals surface area contributed by atoms with Gasteiger partial charge in [-0.25, -0.2) is 0 Å². The Balaban J connectivity index is 2.46. The normalized spacial score (nSPS) is 11.3. The number of rotatable bonds is 4. The minimum Gasteiger partial charge on any atom is -0.401 e. The number of nitrogens with zero attached hydrogens (tertiary/aromatic N) is 2. The SMILES string of the molecule is C/C(N)=C(\C#N)C(=O)NCCc1ccccn1. The molecule has 3 N–H and O–H groups in total. The van der Waals surface area contributed by atoms with Crippen molar-refractivity contribution in [2.45, 2.75) is 13.3 Å². The van der Waals surface area contributed by atoms with Gasteiger partial charge in [0.25, 0.3) is 5.91 Å². The average Bonchev–Trinajstić information content (AvgIpc) is 2.30. The van der Waals surface area contributed by atoms with Gasteiger partial charge < -0.3 is 11.1 Å². The second-order valence-electron chi connectivity index (χ2n) is 3.50. The zero-order chi connectivity index (χ0) is 12.7. The lowest BCUT2D eigenvalue weighted by atomic mass is 10.2.